The topological polar surface area (TPSA) is 21.3 Å². The normalized spacial score (nSPS) is 23.8. The van der Waals surface area contributed by atoms with Crippen LogP contribution < -0.4 is 10.1 Å². The summed E-state index contributed by atoms with van der Waals surface area (Å²) >= 11 is 0. The summed E-state index contributed by atoms with van der Waals surface area (Å²) in [7, 11) is 4.23. The van der Waals surface area contributed by atoms with Gasteiger partial charge in [-0.1, -0.05) is 12.1 Å². The van der Waals surface area contributed by atoms with Gasteiger partial charge in [0, 0.05) is 13.1 Å². The molecule has 1 saturated heterocycles. The molecule has 0 saturated carbocycles. The smallest absolute Gasteiger partial charge is 0.122 e. The molecule has 1 heterocycles. The minimum atomic E-state index is 0.744. The Morgan fingerprint density at radius 1 is 1.27 bits per heavy atom. The number of methoxy groups -OCH3 is 1. The molecular formula is C19H31N2O+. The van der Waals surface area contributed by atoms with Crippen molar-refractivity contribution in [2.75, 3.05) is 46.9 Å². The minimum absolute atomic E-state index is 0.744. The number of fused-ring (bicyclic) bond motifs is 1. The second kappa shape index (κ2) is 7.01. The molecule has 1 fully saturated rings. The lowest BCUT2D eigenvalue weighted by Crippen LogP contribution is -2.56. The van der Waals surface area contributed by atoms with Crippen molar-refractivity contribution in [2.45, 2.75) is 38.0 Å². The van der Waals surface area contributed by atoms with Gasteiger partial charge in [0.25, 0.3) is 0 Å². The van der Waals surface area contributed by atoms with E-state index in [4.69, 9.17) is 4.74 Å². The lowest BCUT2D eigenvalue weighted by Gasteiger charge is -2.38. The van der Waals surface area contributed by atoms with Crippen LogP contribution in [0, 0.1) is 0 Å². The summed E-state index contributed by atoms with van der Waals surface area (Å²) in [5, 5.41) is 3.48. The van der Waals surface area contributed by atoms with Crippen LogP contribution in [0.15, 0.2) is 18.2 Å². The fourth-order valence-corrected chi connectivity index (χ4v) is 4.28. The Labute approximate surface area is 135 Å². The zero-order chi connectivity index (χ0) is 15.4. The second-order valence-corrected chi connectivity index (χ2v) is 7.30. The lowest BCUT2D eigenvalue weighted by atomic mass is 9.80. The molecule has 0 radical (unpaired) electrons. The third-order valence-electron chi connectivity index (χ3n) is 5.72. The van der Waals surface area contributed by atoms with Crippen LogP contribution >= 0.6 is 0 Å². The first-order valence-electron chi connectivity index (χ1n) is 8.92. The summed E-state index contributed by atoms with van der Waals surface area (Å²) < 4.78 is 6.82. The van der Waals surface area contributed by atoms with E-state index in [2.05, 4.69) is 30.6 Å². The van der Waals surface area contributed by atoms with E-state index in [0.717, 1.165) is 11.7 Å². The highest BCUT2D eigenvalue weighted by molar-refractivity contribution is 5.43. The van der Waals surface area contributed by atoms with Crippen LogP contribution in [0.4, 0.5) is 0 Å². The highest BCUT2D eigenvalue weighted by Gasteiger charge is 2.26. The molecule has 22 heavy (non-hydrogen) atoms. The molecule has 1 atom stereocenters. The molecule has 1 aliphatic carbocycles. The molecule has 1 aromatic carbocycles. The van der Waals surface area contributed by atoms with Gasteiger partial charge in [0.05, 0.1) is 33.8 Å². The van der Waals surface area contributed by atoms with E-state index < -0.39 is 0 Å². The monoisotopic (exact) mass is 303 g/mol. The average Bonchev–Trinajstić information content (AvgIpc) is 2.55. The molecule has 3 rings (SSSR count). The maximum Gasteiger partial charge on any atom is 0.122 e. The van der Waals surface area contributed by atoms with E-state index in [9.17, 15) is 0 Å². The standard InChI is InChI=1S/C19H31N2O/c1-21(14-11-20-12-15-21)13-5-7-16-6-3-9-18-17(16)8-4-10-19(18)22-2/h4,8,10,16,20H,3,5-7,9,11-15H2,1-2H3/q+1. The third kappa shape index (κ3) is 3.47. The summed E-state index contributed by atoms with van der Waals surface area (Å²) in [5.41, 5.74) is 3.04. The molecule has 0 aromatic heterocycles. The van der Waals surface area contributed by atoms with Gasteiger partial charge in [0.2, 0.25) is 0 Å². The van der Waals surface area contributed by atoms with Crippen molar-refractivity contribution in [1.82, 2.24) is 5.32 Å². The maximum absolute atomic E-state index is 5.57. The van der Waals surface area contributed by atoms with Gasteiger partial charge in [-0.2, -0.15) is 0 Å². The predicted octanol–water partition coefficient (Wildman–Crippen LogP) is 2.95. The van der Waals surface area contributed by atoms with Crippen LogP contribution in [0.25, 0.3) is 0 Å². The number of rotatable bonds is 5. The van der Waals surface area contributed by atoms with Crippen LogP contribution in [0.2, 0.25) is 0 Å². The van der Waals surface area contributed by atoms with Crippen molar-refractivity contribution < 1.29 is 9.22 Å². The van der Waals surface area contributed by atoms with E-state index in [1.165, 1.54) is 74.9 Å². The van der Waals surface area contributed by atoms with Gasteiger partial charge < -0.3 is 14.5 Å². The summed E-state index contributed by atoms with van der Waals surface area (Å²) in [6.07, 6.45) is 6.54. The third-order valence-corrected chi connectivity index (χ3v) is 5.72. The van der Waals surface area contributed by atoms with Gasteiger partial charge in [0.1, 0.15) is 5.75 Å². The van der Waals surface area contributed by atoms with Crippen molar-refractivity contribution in [3.8, 4) is 5.75 Å². The number of likely N-dealkylation sites (N-methyl/N-ethyl adjacent to an activating group) is 1. The van der Waals surface area contributed by atoms with Crippen LogP contribution in [0.5, 0.6) is 5.75 Å². The highest BCUT2D eigenvalue weighted by atomic mass is 16.5. The molecule has 0 amide bonds. The molecule has 3 nitrogen and oxygen atoms in total. The van der Waals surface area contributed by atoms with E-state index in [-0.39, 0.29) is 0 Å². The number of nitrogens with zero attached hydrogens (tertiary/aromatic N) is 1. The van der Waals surface area contributed by atoms with Crippen molar-refractivity contribution in [1.29, 1.82) is 0 Å². The van der Waals surface area contributed by atoms with Crippen molar-refractivity contribution in [2.24, 2.45) is 0 Å². The van der Waals surface area contributed by atoms with Crippen molar-refractivity contribution in [3.63, 3.8) is 0 Å². The SMILES string of the molecule is COc1cccc2c1CCCC2CCC[N+]1(C)CCNCC1. The first-order chi connectivity index (χ1) is 10.7. The summed E-state index contributed by atoms with van der Waals surface area (Å²) in [4.78, 5) is 0. The molecule has 1 unspecified atom stereocenters. The number of hydrogen-bond donors (Lipinski definition) is 1. The molecule has 0 bridgehead atoms. The van der Waals surface area contributed by atoms with Crippen LogP contribution in [-0.4, -0.2) is 51.4 Å². The Kier molecular flexibility index (Phi) is 5.04. The highest BCUT2D eigenvalue weighted by Crippen LogP contribution is 2.38. The first-order valence-corrected chi connectivity index (χ1v) is 8.92. The Morgan fingerprint density at radius 2 is 2.09 bits per heavy atom. The zero-order valence-electron chi connectivity index (χ0n) is 14.2. The number of nitrogens with one attached hydrogen (secondary N) is 1. The summed E-state index contributed by atoms with van der Waals surface area (Å²) in [5.74, 6) is 1.84. The Balaban J connectivity index is 1.60. The Morgan fingerprint density at radius 3 is 2.86 bits per heavy atom. The van der Waals surface area contributed by atoms with Crippen LogP contribution in [0.3, 0.4) is 0 Å². The fraction of sp³-hybridized carbons (Fsp3) is 0.684. The van der Waals surface area contributed by atoms with Crippen LogP contribution in [-0.2, 0) is 6.42 Å². The molecule has 1 aromatic rings. The maximum atomic E-state index is 5.57. The van der Waals surface area contributed by atoms with Crippen molar-refractivity contribution >= 4 is 0 Å². The molecule has 3 heteroatoms. The number of piperazine rings is 1. The fourth-order valence-electron chi connectivity index (χ4n) is 4.28. The Bertz CT molecular complexity index is 494. The summed E-state index contributed by atoms with van der Waals surface area (Å²) in [6.45, 7) is 6.27. The van der Waals surface area contributed by atoms with Gasteiger partial charge in [-0.25, -0.2) is 0 Å². The lowest BCUT2D eigenvalue weighted by molar-refractivity contribution is -0.911. The quantitative estimate of drug-likeness (QED) is 0.845. The molecular weight excluding hydrogens is 272 g/mol. The number of ether oxygens (including phenoxy) is 1. The number of benzene rings is 1. The summed E-state index contributed by atoms with van der Waals surface area (Å²) in [6, 6.07) is 6.62. The Hall–Kier alpha value is -1.06. The van der Waals surface area contributed by atoms with E-state index >= 15 is 0 Å². The molecule has 1 aliphatic heterocycles. The largest absolute Gasteiger partial charge is 0.496 e. The van der Waals surface area contributed by atoms with Gasteiger partial charge in [0.15, 0.2) is 0 Å². The second-order valence-electron chi connectivity index (χ2n) is 7.30. The van der Waals surface area contributed by atoms with Gasteiger partial charge >= 0.3 is 0 Å². The van der Waals surface area contributed by atoms with E-state index in [0.29, 0.717) is 0 Å². The molecule has 0 spiro atoms. The number of hydrogen-bond acceptors (Lipinski definition) is 2. The van der Waals surface area contributed by atoms with Crippen molar-refractivity contribution in [3.05, 3.63) is 29.3 Å². The minimum Gasteiger partial charge on any atom is -0.496 e. The first kappa shape index (κ1) is 15.8. The van der Waals surface area contributed by atoms with E-state index in [1.807, 2.05) is 0 Å². The molecule has 122 valence electrons. The molecule has 1 N–H and O–H groups in total. The van der Waals surface area contributed by atoms with Gasteiger partial charge in [-0.15, -0.1) is 0 Å². The molecule has 2 aliphatic rings. The van der Waals surface area contributed by atoms with Gasteiger partial charge in [-0.3, -0.25) is 0 Å². The van der Waals surface area contributed by atoms with Crippen LogP contribution in [0.1, 0.15) is 42.7 Å². The predicted molar refractivity (Wildman–Crippen MR) is 91.6 cm³/mol. The van der Waals surface area contributed by atoms with E-state index in [1.54, 1.807) is 12.7 Å². The average molecular weight is 303 g/mol. The van der Waals surface area contributed by atoms with Gasteiger partial charge in [-0.05, 0) is 55.2 Å². The zero-order valence-corrected chi connectivity index (χ0v) is 14.2. The number of quaternary nitrogens is 1.